The molecule has 0 aromatic heterocycles. The molecule has 2 nitrogen and oxygen atoms in total. The Kier molecular flexibility index (Phi) is 5.88. The molecule has 0 N–H and O–H groups in total. The summed E-state index contributed by atoms with van der Waals surface area (Å²) in [5.74, 6) is 0. The Morgan fingerprint density at radius 2 is 1.41 bits per heavy atom. The van der Waals surface area contributed by atoms with Gasteiger partial charge >= 0.3 is 0 Å². The van der Waals surface area contributed by atoms with Crippen LogP contribution in [0.25, 0.3) is 11.6 Å². The smallest absolute Gasteiger partial charge is 0.102 e. The van der Waals surface area contributed by atoms with E-state index < -0.39 is 0 Å². The highest BCUT2D eigenvalue weighted by Gasteiger charge is 2.43. The summed E-state index contributed by atoms with van der Waals surface area (Å²) >= 11 is 0. The van der Waals surface area contributed by atoms with E-state index in [4.69, 9.17) is 4.84 Å². The van der Waals surface area contributed by atoms with E-state index in [1.807, 2.05) is 0 Å². The predicted octanol–water partition coefficient (Wildman–Crippen LogP) is 6.59. The van der Waals surface area contributed by atoms with E-state index in [9.17, 15) is 0 Å². The lowest BCUT2D eigenvalue weighted by atomic mass is 9.82. The van der Waals surface area contributed by atoms with Crippen LogP contribution in [-0.4, -0.2) is 22.2 Å². The quantitative estimate of drug-likeness (QED) is 0.556. The molecule has 144 valence electrons. The van der Waals surface area contributed by atoms with Gasteiger partial charge in [0.15, 0.2) is 0 Å². The summed E-state index contributed by atoms with van der Waals surface area (Å²) in [6, 6.07) is 21.1. The maximum absolute atomic E-state index is 6.68. The molecular formula is C25H33NO. The molecule has 1 heterocycles. The molecule has 1 saturated heterocycles. The molecule has 0 radical (unpaired) electrons. The van der Waals surface area contributed by atoms with E-state index in [1.54, 1.807) is 0 Å². The molecule has 1 aliphatic rings. The second-order valence-corrected chi connectivity index (χ2v) is 8.90. The van der Waals surface area contributed by atoms with Gasteiger partial charge in [0.1, 0.15) is 6.10 Å². The molecule has 1 aliphatic heterocycles. The zero-order chi connectivity index (χ0) is 19.5. The fourth-order valence-corrected chi connectivity index (χ4v) is 4.27. The molecule has 0 amide bonds. The molecular weight excluding hydrogens is 330 g/mol. The molecule has 27 heavy (non-hydrogen) atoms. The number of hydrogen-bond donors (Lipinski definition) is 0. The predicted molar refractivity (Wildman–Crippen MR) is 115 cm³/mol. The normalized spacial score (nSPS) is 21.0. The van der Waals surface area contributed by atoms with E-state index >= 15 is 0 Å². The summed E-state index contributed by atoms with van der Waals surface area (Å²) in [4.78, 5) is 6.68. The van der Waals surface area contributed by atoms with Crippen LogP contribution in [0.4, 0.5) is 0 Å². The summed E-state index contributed by atoms with van der Waals surface area (Å²) in [5, 5.41) is 2.26. The third-order valence-electron chi connectivity index (χ3n) is 5.61. The summed E-state index contributed by atoms with van der Waals surface area (Å²) in [6.45, 7) is 11.4. The number of hydroxylamine groups is 2. The molecule has 0 spiro atoms. The van der Waals surface area contributed by atoms with E-state index in [0.717, 1.165) is 12.8 Å². The van der Waals surface area contributed by atoms with Gasteiger partial charge in [0.25, 0.3) is 0 Å². The SMILES string of the molecule is CC(ON1C(C)(C)CCCC1(C)C)/C(=C/c1ccccc1)c1ccccc1. The Bertz CT molecular complexity index is 745. The maximum atomic E-state index is 6.68. The monoisotopic (exact) mass is 363 g/mol. The molecule has 0 aliphatic carbocycles. The summed E-state index contributed by atoms with van der Waals surface area (Å²) < 4.78 is 0. The third kappa shape index (κ3) is 4.69. The van der Waals surface area contributed by atoms with Crippen molar-refractivity contribution >= 4 is 11.6 Å². The van der Waals surface area contributed by atoms with E-state index in [2.05, 4.69) is 106 Å². The largest absolute Gasteiger partial charge is 0.290 e. The summed E-state index contributed by atoms with van der Waals surface area (Å²) in [7, 11) is 0. The fraction of sp³-hybridized carbons (Fsp3) is 0.440. The zero-order valence-corrected chi connectivity index (χ0v) is 17.4. The van der Waals surface area contributed by atoms with Gasteiger partial charge in [-0.2, -0.15) is 5.06 Å². The number of nitrogens with zero attached hydrogens (tertiary/aromatic N) is 1. The van der Waals surface area contributed by atoms with E-state index in [1.165, 1.54) is 23.1 Å². The van der Waals surface area contributed by atoms with Crippen LogP contribution < -0.4 is 0 Å². The van der Waals surface area contributed by atoms with Crippen molar-refractivity contribution in [2.75, 3.05) is 0 Å². The molecule has 1 fully saturated rings. The number of piperidine rings is 1. The molecule has 3 rings (SSSR count). The molecule has 0 bridgehead atoms. The minimum absolute atomic E-state index is 0.0323. The van der Waals surface area contributed by atoms with Crippen molar-refractivity contribution in [1.82, 2.24) is 5.06 Å². The number of hydrogen-bond acceptors (Lipinski definition) is 2. The Hall–Kier alpha value is -1.90. The number of benzene rings is 2. The van der Waals surface area contributed by atoms with Crippen LogP contribution in [0.1, 0.15) is 65.0 Å². The van der Waals surface area contributed by atoms with Crippen molar-refractivity contribution in [3.05, 3.63) is 71.8 Å². The van der Waals surface area contributed by atoms with Crippen molar-refractivity contribution < 1.29 is 4.84 Å². The van der Waals surface area contributed by atoms with Crippen LogP contribution in [0.3, 0.4) is 0 Å². The molecule has 2 heteroatoms. The third-order valence-corrected chi connectivity index (χ3v) is 5.61. The lowest BCUT2D eigenvalue weighted by molar-refractivity contribution is -0.291. The Balaban J connectivity index is 1.94. The first-order chi connectivity index (χ1) is 12.8. The average Bonchev–Trinajstić information content (AvgIpc) is 2.64. The van der Waals surface area contributed by atoms with Crippen molar-refractivity contribution in [2.24, 2.45) is 0 Å². The highest BCUT2D eigenvalue weighted by Crippen LogP contribution is 2.40. The van der Waals surface area contributed by atoms with E-state index in [0.29, 0.717) is 0 Å². The second-order valence-electron chi connectivity index (χ2n) is 8.90. The van der Waals surface area contributed by atoms with Gasteiger partial charge in [-0.15, -0.1) is 0 Å². The Morgan fingerprint density at radius 1 is 0.889 bits per heavy atom. The average molecular weight is 364 g/mol. The lowest BCUT2D eigenvalue weighted by Gasteiger charge is -2.52. The van der Waals surface area contributed by atoms with Gasteiger partial charge in [0.05, 0.1) is 0 Å². The maximum Gasteiger partial charge on any atom is 0.102 e. The van der Waals surface area contributed by atoms with Crippen molar-refractivity contribution in [3.63, 3.8) is 0 Å². The van der Waals surface area contributed by atoms with Gasteiger partial charge in [0.2, 0.25) is 0 Å². The Morgan fingerprint density at radius 3 is 1.96 bits per heavy atom. The minimum atomic E-state index is -0.0377. The standard InChI is InChI=1S/C25H33NO/c1-20(27-26-24(2,3)17-12-18-25(26,4)5)23(22-15-10-7-11-16-22)19-21-13-8-6-9-14-21/h6-11,13-16,19-20H,12,17-18H2,1-5H3/b23-19-. The lowest BCUT2D eigenvalue weighted by Crippen LogP contribution is -2.59. The highest BCUT2D eigenvalue weighted by atomic mass is 16.7. The van der Waals surface area contributed by atoms with Crippen LogP contribution in [0, 0.1) is 0 Å². The van der Waals surface area contributed by atoms with Crippen molar-refractivity contribution in [2.45, 2.75) is 71.1 Å². The van der Waals surface area contributed by atoms with Gasteiger partial charge in [-0.25, -0.2) is 0 Å². The van der Waals surface area contributed by atoms with Crippen LogP contribution in [0.2, 0.25) is 0 Å². The first kappa shape index (κ1) is 19.9. The van der Waals surface area contributed by atoms with E-state index in [-0.39, 0.29) is 17.2 Å². The highest BCUT2D eigenvalue weighted by molar-refractivity contribution is 5.83. The minimum Gasteiger partial charge on any atom is -0.290 e. The van der Waals surface area contributed by atoms with Gasteiger partial charge in [0, 0.05) is 11.1 Å². The van der Waals surface area contributed by atoms with Crippen molar-refractivity contribution in [3.8, 4) is 0 Å². The molecule has 2 aromatic rings. The Labute approximate surface area is 164 Å². The van der Waals surface area contributed by atoms with Gasteiger partial charge < -0.3 is 0 Å². The molecule has 1 unspecified atom stereocenters. The topological polar surface area (TPSA) is 12.5 Å². The van der Waals surface area contributed by atoms with Crippen LogP contribution >= 0.6 is 0 Å². The first-order valence-electron chi connectivity index (χ1n) is 10.1. The fourth-order valence-electron chi connectivity index (χ4n) is 4.27. The second kappa shape index (κ2) is 8.00. The van der Waals surface area contributed by atoms with Gasteiger partial charge in [-0.3, -0.25) is 4.84 Å². The zero-order valence-electron chi connectivity index (χ0n) is 17.4. The summed E-state index contributed by atoms with van der Waals surface area (Å²) in [6.07, 6.45) is 5.78. The van der Waals surface area contributed by atoms with Gasteiger partial charge in [-0.05, 0) is 76.7 Å². The van der Waals surface area contributed by atoms with Crippen LogP contribution in [0.5, 0.6) is 0 Å². The molecule has 0 saturated carbocycles. The molecule has 1 atom stereocenters. The van der Waals surface area contributed by atoms with Crippen molar-refractivity contribution in [1.29, 1.82) is 0 Å². The first-order valence-corrected chi connectivity index (χ1v) is 10.1. The van der Waals surface area contributed by atoms with Crippen LogP contribution in [-0.2, 0) is 4.84 Å². The van der Waals surface area contributed by atoms with Gasteiger partial charge in [-0.1, -0.05) is 60.7 Å². The number of rotatable bonds is 5. The van der Waals surface area contributed by atoms with Crippen LogP contribution in [0.15, 0.2) is 60.7 Å². The summed E-state index contributed by atoms with van der Waals surface area (Å²) in [5.41, 5.74) is 3.68. The molecule has 2 aromatic carbocycles.